The SMILES string of the molecule is Cn1cc(-c2nnc(Br)o2)cn1. The van der Waals surface area contributed by atoms with Crippen LogP contribution in [0.15, 0.2) is 21.6 Å². The fourth-order valence-electron chi connectivity index (χ4n) is 0.854. The van der Waals surface area contributed by atoms with Gasteiger partial charge in [0.2, 0.25) is 0 Å². The minimum atomic E-state index is 0.376. The molecule has 12 heavy (non-hydrogen) atoms. The van der Waals surface area contributed by atoms with E-state index in [1.165, 1.54) is 0 Å². The highest BCUT2D eigenvalue weighted by atomic mass is 79.9. The zero-order chi connectivity index (χ0) is 8.55. The van der Waals surface area contributed by atoms with Crippen LogP contribution < -0.4 is 0 Å². The summed E-state index contributed by atoms with van der Waals surface area (Å²) in [6.45, 7) is 0. The van der Waals surface area contributed by atoms with Gasteiger partial charge < -0.3 is 4.42 Å². The van der Waals surface area contributed by atoms with E-state index in [4.69, 9.17) is 4.42 Å². The molecule has 0 spiro atoms. The zero-order valence-corrected chi connectivity index (χ0v) is 7.82. The van der Waals surface area contributed by atoms with Crippen LogP contribution in [-0.4, -0.2) is 20.0 Å². The van der Waals surface area contributed by atoms with Gasteiger partial charge in [0.1, 0.15) is 0 Å². The lowest BCUT2D eigenvalue weighted by molar-refractivity contribution is 0.540. The first-order valence-electron chi connectivity index (χ1n) is 3.24. The zero-order valence-electron chi connectivity index (χ0n) is 6.23. The summed E-state index contributed by atoms with van der Waals surface area (Å²) in [5, 5.41) is 11.4. The number of halogens is 1. The molecule has 0 unspecified atom stereocenters. The lowest BCUT2D eigenvalue weighted by Crippen LogP contribution is -1.84. The van der Waals surface area contributed by atoms with Gasteiger partial charge in [0.05, 0.1) is 11.8 Å². The Labute approximate surface area is 76.5 Å². The van der Waals surface area contributed by atoms with Crippen LogP contribution in [0.4, 0.5) is 0 Å². The van der Waals surface area contributed by atoms with E-state index in [0.29, 0.717) is 10.7 Å². The smallest absolute Gasteiger partial charge is 0.285 e. The van der Waals surface area contributed by atoms with Crippen LogP contribution in [-0.2, 0) is 7.05 Å². The number of rotatable bonds is 1. The van der Waals surface area contributed by atoms with Gasteiger partial charge in [-0.2, -0.15) is 5.10 Å². The summed E-state index contributed by atoms with van der Waals surface area (Å²) in [7, 11) is 1.83. The van der Waals surface area contributed by atoms with Crippen molar-refractivity contribution in [1.29, 1.82) is 0 Å². The highest BCUT2D eigenvalue weighted by Crippen LogP contribution is 2.18. The van der Waals surface area contributed by atoms with Gasteiger partial charge in [-0.25, -0.2) is 0 Å². The van der Waals surface area contributed by atoms with Gasteiger partial charge in [-0.3, -0.25) is 4.68 Å². The Morgan fingerprint density at radius 1 is 1.50 bits per heavy atom. The predicted octanol–water partition coefficient (Wildman–Crippen LogP) is 1.23. The van der Waals surface area contributed by atoms with Crippen LogP contribution in [0.2, 0.25) is 0 Å². The lowest BCUT2D eigenvalue weighted by Gasteiger charge is -1.83. The van der Waals surface area contributed by atoms with Crippen molar-refractivity contribution in [3.8, 4) is 11.5 Å². The molecular formula is C6H5BrN4O. The molecule has 0 aliphatic rings. The first-order valence-corrected chi connectivity index (χ1v) is 4.03. The quantitative estimate of drug-likeness (QED) is 0.737. The molecule has 0 radical (unpaired) electrons. The first kappa shape index (κ1) is 7.48. The summed E-state index contributed by atoms with van der Waals surface area (Å²) in [6.07, 6.45) is 3.47. The third-order valence-electron chi connectivity index (χ3n) is 1.35. The summed E-state index contributed by atoms with van der Waals surface area (Å²) in [5.74, 6) is 0.468. The number of nitrogens with zero attached hydrogens (tertiary/aromatic N) is 4. The van der Waals surface area contributed by atoms with E-state index < -0.39 is 0 Å². The molecule has 0 aromatic carbocycles. The average molecular weight is 229 g/mol. The minimum absolute atomic E-state index is 0.376. The van der Waals surface area contributed by atoms with E-state index in [-0.39, 0.29) is 0 Å². The number of aryl methyl sites for hydroxylation is 1. The summed E-state index contributed by atoms with van der Waals surface area (Å²) >= 11 is 3.07. The minimum Gasteiger partial charge on any atom is -0.411 e. The van der Waals surface area contributed by atoms with Gasteiger partial charge in [0, 0.05) is 29.2 Å². The second kappa shape index (κ2) is 2.71. The predicted molar refractivity (Wildman–Crippen MR) is 44.2 cm³/mol. The Balaban J connectivity index is 2.43. The molecule has 0 amide bonds. The normalized spacial score (nSPS) is 10.5. The van der Waals surface area contributed by atoms with Crippen molar-refractivity contribution in [2.24, 2.45) is 7.05 Å². The van der Waals surface area contributed by atoms with Crippen LogP contribution in [0.25, 0.3) is 11.5 Å². The van der Waals surface area contributed by atoms with Crippen LogP contribution >= 0.6 is 15.9 Å². The van der Waals surface area contributed by atoms with Crippen LogP contribution in [0.3, 0.4) is 0 Å². The molecule has 0 atom stereocenters. The van der Waals surface area contributed by atoms with Crippen LogP contribution in [0.1, 0.15) is 0 Å². The van der Waals surface area contributed by atoms with E-state index in [0.717, 1.165) is 5.56 Å². The molecule has 6 heteroatoms. The second-order valence-electron chi connectivity index (χ2n) is 2.26. The van der Waals surface area contributed by atoms with Crippen molar-refractivity contribution in [3.05, 3.63) is 17.2 Å². The van der Waals surface area contributed by atoms with E-state index in [1.807, 2.05) is 7.05 Å². The van der Waals surface area contributed by atoms with Gasteiger partial charge in [-0.1, -0.05) is 0 Å². The van der Waals surface area contributed by atoms with Gasteiger partial charge in [-0.15, -0.1) is 10.2 Å². The molecular weight excluding hydrogens is 224 g/mol. The monoisotopic (exact) mass is 228 g/mol. The molecule has 0 fully saturated rings. The maximum Gasteiger partial charge on any atom is 0.285 e. The molecule has 0 saturated heterocycles. The van der Waals surface area contributed by atoms with E-state index in [1.54, 1.807) is 17.1 Å². The van der Waals surface area contributed by atoms with Gasteiger partial charge in [0.15, 0.2) is 0 Å². The number of aromatic nitrogens is 4. The molecule has 0 saturated carbocycles. The fraction of sp³-hybridized carbons (Fsp3) is 0.167. The summed E-state index contributed by atoms with van der Waals surface area (Å²) in [4.78, 5) is 0.376. The molecule has 5 nitrogen and oxygen atoms in total. The third-order valence-corrected chi connectivity index (χ3v) is 1.67. The maximum absolute atomic E-state index is 5.12. The van der Waals surface area contributed by atoms with Gasteiger partial charge >= 0.3 is 0 Å². The van der Waals surface area contributed by atoms with Gasteiger partial charge in [0.25, 0.3) is 10.7 Å². The molecule has 62 valence electrons. The van der Waals surface area contributed by atoms with E-state index >= 15 is 0 Å². The van der Waals surface area contributed by atoms with Crippen LogP contribution in [0.5, 0.6) is 0 Å². The Kier molecular flexibility index (Phi) is 1.69. The first-order chi connectivity index (χ1) is 5.75. The third kappa shape index (κ3) is 1.25. The Morgan fingerprint density at radius 2 is 2.33 bits per heavy atom. The molecule has 0 aliphatic heterocycles. The van der Waals surface area contributed by atoms with E-state index in [9.17, 15) is 0 Å². The van der Waals surface area contributed by atoms with Gasteiger partial charge in [-0.05, 0) is 0 Å². The topological polar surface area (TPSA) is 56.7 Å². The molecule has 0 N–H and O–H groups in total. The van der Waals surface area contributed by atoms with E-state index in [2.05, 4.69) is 31.2 Å². The van der Waals surface area contributed by atoms with Crippen LogP contribution in [0, 0.1) is 0 Å². The highest BCUT2D eigenvalue weighted by Gasteiger charge is 2.07. The summed E-state index contributed by atoms with van der Waals surface area (Å²) in [6, 6.07) is 0. The number of hydrogen-bond donors (Lipinski definition) is 0. The molecule has 2 aromatic heterocycles. The molecule has 2 heterocycles. The van der Waals surface area contributed by atoms with Crippen molar-refractivity contribution in [2.75, 3.05) is 0 Å². The van der Waals surface area contributed by atoms with Crippen molar-refractivity contribution >= 4 is 15.9 Å². The molecule has 2 rings (SSSR count). The van der Waals surface area contributed by atoms with Crippen molar-refractivity contribution in [2.45, 2.75) is 0 Å². The Bertz CT molecular complexity index is 355. The average Bonchev–Trinajstić information content (AvgIpc) is 2.58. The Hall–Kier alpha value is -1.17. The lowest BCUT2D eigenvalue weighted by atomic mass is 10.4. The molecule has 0 bridgehead atoms. The van der Waals surface area contributed by atoms with Crippen molar-refractivity contribution in [3.63, 3.8) is 0 Å². The Morgan fingerprint density at radius 3 is 2.83 bits per heavy atom. The van der Waals surface area contributed by atoms with Crippen molar-refractivity contribution < 1.29 is 4.42 Å². The largest absolute Gasteiger partial charge is 0.411 e. The summed E-state index contributed by atoms with van der Waals surface area (Å²) in [5.41, 5.74) is 0.815. The maximum atomic E-state index is 5.12. The highest BCUT2D eigenvalue weighted by molar-refractivity contribution is 9.10. The second-order valence-corrected chi connectivity index (χ2v) is 2.94. The van der Waals surface area contributed by atoms with Crippen molar-refractivity contribution in [1.82, 2.24) is 20.0 Å². The standard InChI is InChI=1S/C6H5BrN4O/c1-11-3-4(2-8-11)5-9-10-6(7)12-5/h2-3H,1H3. The molecule has 0 aliphatic carbocycles. The summed E-state index contributed by atoms with van der Waals surface area (Å²) < 4.78 is 6.80. The fourth-order valence-corrected chi connectivity index (χ4v) is 1.09. The molecule has 2 aromatic rings. The number of hydrogen-bond acceptors (Lipinski definition) is 4.